The smallest absolute Gasteiger partial charge is 0.261 e. The van der Waals surface area contributed by atoms with E-state index >= 15 is 0 Å². The fourth-order valence-corrected chi connectivity index (χ4v) is 3.00. The fraction of sp³-hybridized carbons (Fsp3) is 0.167. The Balaban J connectivity index is 1.86. The number of hydrogen-bond donors (Lipinski definition) is 0. The third-order valence-corrected chi connectivity index (χ3v) is 4.34. The van der Waals surface area contributed by atoms with E-state index in [0.717, 1.165) is 22.2 Å². The molecular weight excluding hydrogens is 392 g/mol. The number of aliphatic imine (C=N–C) groups is 1. The van der Waals surface area contributed by atoms with Gasteiger partial charge in [0.25, 0.3) is 5.91 Å². The molecule has 0 saturated heterocycles. The van der Waals surface area contributed by atoms with Crippen molar-refractivity contribution >= 4 is 45.1 Å². The van der Waals surface area contributed by atoms with Crippen LogP contribution in [-0.4, -0.2) is 17.8 Å². The second-order valence-electron chi connectivity index (χ2n) is 5.67. The number of carbonyl (C=O) groups is 1. The normalized spacial score (nSPS) is 17.5. The molecule has 0 spiro atoms. The quantitative estimate of drug-likeness (QED) is 0.677. The molecule has 7 heteroatoms. The molecule has 2 aromatic carbocycles. The second-order valence-corrected chi connectivity index (χ2v) is 6.59. The predicted octanol–water partition coefficient (Wildman–Crippen LogP) is 4.78. The summed E-state index contributed by atoms with van der Waals surface area (Å²) in [5.41, 5.74) is 2.09. The molecule has 3 rings (SSSR count). The number of amides is 1. The Hall–Kier alpha value is -2.41. The van der Waals surface area contributed by atoms with Gasteiger partial charge in [-0.2, -0.15) is 10.1 Å². The molecule has 0 N–H and O–H groups in total. The van der Waals surface area contributed by atoms with Gasteiger partial charge in [-0.05, 0) is 49.7 Å². The van der Waals surface area contributed by atoms with E-state index in [9.17, 15) is 13.6 Å². The Labute approximate surface area is 152 Å². The Morgan fingerprint density at radius 2 is 1.96 bits per heavy atom. The van der Waals surface area contributed by atoms with E-state index in [-0.39, 0.29) is 11.6 Å². The highest BCUT2D eigenvalue weighted by atomic mass is 79.9. The first kappa shape index (κ1) is 17.4. The first-order valence-corrected chi connectivity index (χ1v) is 8.30. The first-order valence-electron chi connectivity index (χ1n) is 7.51. The van der Waals surface area contributed by atoms with Crippen molar-refractivity contribution in [2.45, 2.75) is 13.8 Å². The van der Waals surface area contributed by atoms with E-state index in [1.165, 1.54) is 17.3 Å². The van der Waals surface area contributed by atoms with Gasteiger partial charge in [-0.15, -0.1) is 0 Å². The molecule has 2 aromatic rings. The topological polar surface area (TPSA) is 45.0 Å². The minimum absolute atomic E-state index is 0.0275. The van der Waals surface area contributed by atoms with Crippen molar-refractivity contribution in [3.8, 4) is 0 Å². The molecule has 0 saturated carbocycles. The molecule has 1 atom stereocenters. The van der Waals surface area contributed by atoms with E-state index < -0.39 is 17.6 Å². The lowest BCUT2D eigenvalue weighted by molar-refractivity contribution is -0.118. The first-order chi connectivity index (χ1) is 11.9. The van der Waals surface area contributed by atoms with Crippen molar-refractivity contribution in [2.75, 3.05) is 5.01 Å². The molecule has 1 aliphatic heterocycles. The van der Waals surface area contributed by atoms with Gasteiger partial charge >= 0.3 is 0 Å². The van der Waals surface area contributed by atoms with E-state index in [0.29, 0.717) is 11.4 Å². The van der Waals surface area contributed by atoms with Crippen LogP contribution in [-0.2, 0) is 4.79 Å². The van der Waals surface area contributed by atoms with E-state index in [4.69, 9.17) is 0 Å². The van der Waals surface area contributed by atoms with Crippen LogP contribution in [0.3, 0.4) is 0 Å². The van der Waals surface area contributed by atoms with Gasteiger partial charge in [-0.1, -0.05) is 15.9 Å². The van der Waals surface area contributed by atoms with Gasteiger partial charge in [-0.3, -0.25) is 9.79 Å². The molecule has 1 heterocycles. The molecule has 25 heavy (non-hydrogen) atoms. The summed E-state index contributed by atoms with van der Waals surface area (Å²) in [5, 5.41) is 5.63. The third kappa shape index (κ3) is 3.51. The van der Waals surface area contributed by atoms with Crippen molar-refractivity contribution < 1.29 is 13.6 Å². The maximum atomic E-state index is 13.7. The maximum absolute atomic E-state index is 13.7. The average molecular weight is 406 g/mol. The number of anilines is 1. The summed E-state index contributed by atoms with van der Waals surface area (Å²) in [6.45, 7) is 3.59. The van der Waals surface area contributed by atoms with Crippen molar-refractivity contribution in [3.05, 3.63) is 58.1 Å². The average Bonchev–Trinajstić information content (AvgIpc) is 2.81. The van der Waals surface area contributed by atoms with Crippen LogP contribution in [0.15, 0.2) is 51.0 Å². The van der Waals surface area contributed by atoms with Crippen LogP contribution in [0.1, 0.15) is 12.5 Å². The monoisotopic (exact) mass is 405 g/mol. The lowest BCUT2D eigenvalue weighted by atomic mass is 10.1. The molecule has 1 aliphatic rings. The number of aryl methyl sites for hydroxylation is 1. The third-order valence-electron chi connectivity index (χ3n) is 3.84. The van der Waals surface area contributed by atoms with Crippen LogP contribution in [0.5, 0.6) is 0 Å². The number of hydrogen-bond acceptors (Lipinski definition) is 3. The molecule has 4 nitrogen and oxygen atoms in total. The number of benzene rings is 2. The largest absolute Gasteiger partial charge is 0.271 e. The zero-order valence-electron chi connectivity index (χ0n) is 13.5. The minimum Gasteiger partial charge on any atom is -0.271 e. The number of rotatable bonds is 3. The van der Waals surface area contributed by atoms with Crippen molar-refractivity contribution in [1.82, 2.24) is 0 Å². The van der Waals surface area contributed by atoms with E-state index in [2.05, 4.69) is 26.0 Å². The number of nitrogens with zero attached hydrogens (tertiary/aromatic N) is 3. The summed E-state index contributed by atoms with van der Waals surface area (Å²) in [4.78, 5) is 16.7. The highest BCUT2D eigenvalue weighted by Crippen LogP contribution is 2.29. The van der Waals surface area contributed by atoms with Crippen LogP contribution in [0.25, 0.3) is 0 Å². The molecule has 0 aliphatic carbocycles. The van der Waals surface area contributed by atoms with Crippen LogP contribution >= 0.6 is 15.9 Å². The van der Waals surface area contributed by atoms with Gasteiger partial charge in [0.1, 0.15) is 11.7 Å². The highest BCUT2D eigenvalue weighted by Gasteiger charge is 2.33. The summed E-state index contributed by atoms with van der Waals surface area (Å²) in [7, 11) is 0. The molecule has 1 unspecified atom stereocenters. The Morgan fingerprint density at radius 1 is 1.20 bits per heavy atom. The Kier molecular flexibility index (Phi) is 4.76. The van der Waals surface area contributed by atoms with E-state index in [1.807, 2.05) is 19.1 Å². The fourth-order valence-electron chi connectivity index (χ4n) is 2.52. The molecule has 128 valence electrons. The molecule has 0 fully saturated rings. The van der Waals surface area contributed by atoms with E-state index in [1.54, 1.807) is 13.0 Å². The zero-order chi connectivity index (χ0) is 18.1. The van der Waals surface area contributed by atoms with Gasteiger partial charge in [0.05, 0.1) is 17.1 Å². The van der Waals surface area contributed by atoms with Crippen molar-refractivity contribution in [3.63, 3.8) is 0 Å². The molecular formula is C18H14BrF2N3O. The van der Waals surface area contributed by atoms with Crippen LogP contribution in [0, 0.1) is 24.5 Å². The van der Waals surface area contributed by atoms with Crippen LogP contribution < -0.4 is 5.01 Å². The lowest BCUT2D eigenvalue weighted by Crippen LogP contribution is -2.28. The molecule has 0 bridgehead atoms. The van der Waals surface area contributed by atoms with Crippen LogP contribution in [0.4, 0.5) is 20.2 Å². The summed E-state index contributed by atoms with van der Waals surface area (Å²) in [5.74, 6) is -2.42. The van der Waals surface area contributed by atoms with Crippen molar-refractivity contribution in [1.29, 1.82) is 0 Å². The summed E-state index contributed by atoms with van der Waals surface area (Å²) >= 11 is 3.38. The highest BCUT2D eigenvalue weighted by molar-refractivity contribution is 9.10. The summed E-state index contributed by atoms with van der Waals surface area (Å²) in [6.07, 6.45) is 1.34. The van der Waals surface area contributed by atoms with Gasteiger partial charge in [-0.25, -0.2) is 8.78 Å². The summed E-state index contributed by atoms with van der Waals surface area (Å²) in [6, 6.07) is 8.61. The van der Waals surface area contributed by atoms with Crippen molar-refractivity contribution in [2.24, 2.45) is 16.0 Å². The SMILES string of the molecule is CC1=NN(c2ccc(Br)cc2C)C(=O)C1C=Nc1ccc(F)cc1F. The molecule has 0 radical (unpaired) electrons. The van der Waals surface area contributed by atoms with Gasteiger partial charge in [0.15, 0.2) is 5.82 Å². The zero-order valence-corrected chi connectivity index (χ0v) is 15.1. The maximum Gasteiger partial charge on any atom is 0.261 e. The van der Waals surface area contributed by atoms with Gasteiger partial charge in [0, 0.05) is 16.8 Å². The number of hydrazone groups is 1. The van der Waals surface area contributed by atoms with Gasteiger partial charge < -0.3 is 0 Å². The Bertz CT molecular complexity index is 911. The summed E-state index contributed by atoms with van der Waals surface area (Å²) < 4.78 is 27.5. The number of halogens is 3. The Morgan fingerprint density at radius 3 is 2.64 bits per heavy atom. The predicted molar refractivity (Wildman–Crippen MR) is 97.5 cm³/mol. The lowest BCUT2D eigenvalue weighted by Gasteiger charge is -2.15. The minimum atomic E-state index is -0.781. The number of carbonyl (C=O) groups excluding carboxylic acids is 1. The van der Waals surface area contributed by atoms with Crippen LogP contribution in [0.2, 0.25) is 0 Å². The standard InChI is InChI=1S/C18H14BrF2N3O/c1-10-7-12(19)3-6-17(10)24-18(25)14(11(2)23-24)9-22-16-5-4-13(20)8-15(16)21/h3-9,14H,1-2H3. The van der Waals surface area contributed by atoms with Gasteiger partial charge in [0.2, 0.25) is 0 Å². The second kappa shape index (κ2) is 6.84. The molecule has 1 amide bonds. The molecule has 0 aromatic heterocycles.